The van der Waals surface area contributed by atoms with Crippen LogP contribution in [0.3, 0.4) is 0 Å². The molecule has 0 spiro atoms. The highest BCUT2D eigenvalue weighted by atomic mass is 19.1. The highest BCUT2D eigenvalue weighted by Crippen LogP contribution is 2.29. The summed E-state index contributed by atoms with van der Waals surface area (Å²) in [6.45, 7) is 0.345. The predicted molar refractivity (Wildman–Crippen MR) is 75.0 cm³/mol. The summed E-state index contributed by atoms with van der Waals surface area (Å²) in [6.07, 6.45) is 5.10. The highest BCUT2D eigenvalue weighted by molar-refractivity contribution is 5.99. The molecule has 3 rings (SSSR count). The lowest BCUT2D eigenvalue weighted by molar-refractivity contribution is -0.147. The molecule has 2 atom stereocenters. The number of rotatable bonds is 1. The molecule has 0 radical (unpaired) electrons. The first-order chi connectivity index (χ1) is 10.1. The van der Waals surface area contributed by atoms with Crippen molar-refractivity contribution >= 4 is 18.0 Å². The number of hydrogen-bond acceptors (Lipinski definition) is 3. The fraction of sp³-hybridized carbons (Fsp3) is 0.375. The zero-order valence-electron chi connectivity index (χ0n) is 11.7. The van der Waals surface area contributed by atoms with Gasteiger partial charge in [0, 0.05) is 12.1 Å². The minimum Gasteiger partial charge on any atom is -0.469 e. The third-order valence-electron chi connectivity index (χ3n) is 4.17. The van der Waals surface area contributed by atoms with Crippen LogP contribution >= 0.6 is 0 Å². The van der Waals surface area contributed by atoms with Gasteiger partial charge in [0.1, 0.15) is 5.82 Å². The number of halogens is 1. The Morgan fingerprint density at radius 3 is 2.95 bits per heavy atom. The summed E-state index contributed by atoms with van der Waals surface area (Å²) in [6, 6.07) is 4.10. The van der Waals surface area contributed by atoms with Crippen molar-refractivity contribution in [3.8, 4) is 0 Å². The Hall–Kier alpha value is -2.17. The molecule has 0 unspecified atom stereocenters. The van der Waals surface area contributed by atoms with Crippen molar-refractivity contribution in [2.24, 2.45) is 5.92 Å². The van der Waals surface area contributed by atoms with Gasteiger partial charge in [0.2, 0.25) is 0 Å². The third-order valence-corrected chi connectivity index (χ3v) is 4.17. The zero-order chi connectivity index (χ0) is 15.0. The lowest BCUT2D eigenvalue weighted by Crippen LogP contribution is -2.47. The minimum atomic E-state index is -0.362. The first-order valence-corrected chi connectivity index (χ1v) is 6.96. The molecule has 2 aliphatic heterocycles. The van der Waals surface area contributed by atoms with E-state index in [1.807, 2.05) is 6.08 Å². The molecule has 5 heteroatoms. The number of ether oxygens (including phenoxy) is 1. The van der Waals surface area contributed by atoms with Crippen LogP contribution < -0.4 is 0 Å². The Labute approximate surface area is 122 Å². The predicted octanol–water partition coefficient (Wildman–Crippen LogP) is 2.25. The van der Waals surface area contributed by atoms with Gasteiger partial charge in [0.15, 0.2) is 0 Å². The molecule has 0 N–H and O–H groups in total. The monoisotopic (exact) mass is 289 g/mol. The van der Waals surface area contributed by atoms with E-state index in [1.54, 1.807) is 11.0 Å². The van der Waals surface area contributed by atoms with Gasteiger partial charge in [0.25, 0.3) is 5.91 Å². The lowest BCUT2D eigenvalue weighted by atomic mass is 9.92. The van der Waals surface area contributed by atoms with Gasteiger partial charge in [-0.15, -0.1) is 0 Å². The van der Waals surface area contributed by atoms with Gasteiger partial charge in [-0.2, -0.15) is 0 Å². The van der Waals surface area contributed by atoms with E-state index in [0.29, 0.717) is 30.5 Å². The highest BCUT2D eigenvalue weighted by Gasteiger charge is 2.36. The molecule has 4 nitrogen and oxygen atoms in total. The average molecular weight is 289 g/mol. The van der Waals surface area contributed by atoms with E-state index in [1.165, 1.54) is 25.3 Å². The van der Waals surface area contributed by atoms with E-state index >= 15 is 0 Å². The smallest absolute Gasteiger partial charge is 0.310 e. The van der Waals surface area contributed by atoms with Crippen LogP contribution in [-0.2, 0) is 9.53 Å². The van der Waals surface area contributed by atoms with Crippen LogP contribution in [0.4, 0.5) is 4.39 Å². The molecule has 1 saturated heterocycles. The SMILES string of the molecule is COC(=O)[C@@H]1CC[C@H]2C=Cc3cc(F)ccc3C(=O)N2C1. The Morgan fingerprint density at radius 1 is 1.38 bits per heavy atom. The van der Waals surface area contributed by atoms with E-state index in [9.17, 15) is 14.0 Å². The molecular formula is C16H16FNO3. The molecule has 0 aliphatic carbocycles. The second-order valence-electron chi connectivity index (χ2n) is 5.41. The molecule has 1 aromatic carbocycles. The number of methoxy groups -OCH3 is 1. The van der Waals surface area contributed by atoms with Crippen molar-refractivity contribution < 1.29 is 18.7 Å². The normalized spacial score (nSPS) is 24.1. The lowest BCUT2D eigenvalue weighted by Gasteiger charge is -2.36. The van der Waals surface area contributed by atoms with Crippen molar-refractivity contribution in [2.45, 2.75) is 18.9 Å². The molecule has 0 saturated carbocycles. The van der Waals surface area contributed by atoms with Gasteiger partial charge < -0.3 is 9.64 Å². The summed E-state index contributed by atoms with van der Waals surface area (Å²) in [5, 5.41) is 0. The van der Waals surface area contributed by atoms with Gasteiger partial charge in [-0.05, 0) is 36.6 Å². The summed E-state index contributed by atoms with van der Waals surface area (Å²) >= 11 is 0. The number of esters is 1. The summed E-state index contributed by atoms with van der Waals surface area (Å²) in [4.78, 5) is 26.0. The summed E-state index contributed by atoms with van der Waals surface area (Å²) in [5.41, 5.74) is 1.06. The van der Waals surface area contributed by atoms with Gasteiger partial charge in [0.05, 0.1) is 19.1 Å². The molecule has 0 aromatic heterocycles. The average Bonchev–Trinajstić information content (AvgIpc) is 2.63. The fourth-order valence-electron chi connectivity index (χ4n) is 3.02. The maximum Gasteiger partial charge on any atom is 0.310 e. The van der Waals surface area contributed by atoms with Gasteiger partial charge in [-0.25, -0.2) is 4.39 Å². The van der Waals surface area contributed by atoms with Crippen LogP contribution in [0, 0.1) is 11.7 Å². The largest absolute Gasteiger partial charge is 0.469 e. The first-order valence-electron chi connectivity index (χ1n) is 6.96. The second-order valence-corrected chi connectivity index (χ2v) is 5.41. The fourth-order valence-corrected chi connectivity index (χ4v) is 3.02. The van der Waals surface area contributed by atoms with Crippen molar-refractivity contribution in [2.75, 3.05) is 13.7 Å². The zero-order valence-corrected chi connectivity index (χ0v) is 11.7. The van der Waals surface area contributed by atoms with Crippen LogP contribution in [0.2, 0.25) is 0 Å². The summed E-state index contributed by atoms with van der Waals surface area (Å²) in [5.74, 6) is -1.09. The third kappa shape index (κ3) is 2.44. The maximum atomic E-state index is 13.3. The number of carbonyl (C=O) groups is 2. The van der Waals surface area contributed by atoms with E-state index in [-0.39, 0.29) is 29.7 Å². The second kappa shape index (κ2) is 5.31. The molecular weight excluding hydrogens is 273 g/mol. The van der Waals surface area contributed by atoms with Crippen LogP contribution in [-0.4, -0.2) is 36.5 Å². The number of carbonyl (C=O) groups excluding carboxylic acids is 2. The molecule has 1 fully saturated rings. The number of piperidine rings is 1. The Kier molecular flexibility index (Phi) is 3.49. The number of fused-ring (bicyclic) bond motifs is 2. The molecule has 1 amide bonds. The van der Waals surface area contributed by atoms with Crippen molar-refractivity contribution in [3.05, 3.63) is 41.2 Å². The van der Waals surface area contributed by atoms with Crippen LogP contribution in [0.15, 0.2) is 24.3 Å². The van der Waals surface area contributed by atoms with E-state index in [2.05, 4.69) is 0 Å². The maximum absolute atomic E-state index is 13.3. The van der Waals surface area contributed by atoms with Gasteiger partial charge in [-0.3, -0.25) is 9.59 Å². The van der Waals surface area contributed by atoms with Crippen molar-refractivity contribution in [3.63, 3.8) is 0 Å². The molecule has 2 aliphatic rings. The quantitative estimate of drug-likeness (QED) is 0.745. The van der Waals surface area contributed by atoms with Crippen molar-refractivity contribution in [1.82, 2.24) is 4.90 Å². The number of amides is 1. The standard InChI is InChI=1S/C16H16FNO3/c1-21-16(20)11-3-6-13-5-2-10-8-12(17)4-7-14(10)15(19)18(13)9-11/h2,4-5,7-8,11,13H,3,6,9H2,1H3/t11-,13-/m1/s1. The summed E-state index contributed by atoms with van der Waals surface area (Å²) < 4.78 is 18.1. The van der Waals surface area contributed by atoms with Crippen LogP contribution in [0.5, 0.6) is 0 Å². The first kappa shape index (κ1) is 13.8. The van der Waals surface area contributed by atoms with E-state index in [0.717, 1.165) is 0 Å². The summed E-state index contributed by atoms with van der Waals surface area (Å²) in [7, 11) is 1.36. The minimum absolute atomic E-state index is 0.0473. The number of nitrogens with zero attached hydrogens (tertiary/aromatic N) is 1. The van der Waals surface area contributed by atoms with Crippen LogP contribution in [0.25, 0.3) is 6.08 Å². The molecule has 21 heavy (non-hydrogen) atoms. The molecule has 0 bridgehead atoms. The van der Waals surface area contributed by atoms with Gasteiger partial charge >= 0.3 is 5.97 Å². The topological polar surface area (TPSA) is 46.6 Å². The molecule has 1 aromatic rings. The number of hydrogen-bond donors (Lipinski definition) is 0. The van der Waals surface area contributed by atoms with Crippen LogP contribution in [0.1, 0.15) is 28.8 Å². The van der Waals surface area contributed by atoms with E-state index < -0.39 is 0 Å². The Morgan fingerprint density at radius 2 is 2.19 bits per heavy atom. The Balaban J connectivity index is 1.93. The van der Waals surface area contributed by atoms with Gasteiger partial charge in [-0.1, -0.05) is 12.2 Å². The van der Waals surface area contributed by atoms with Crippen molar-refractivity contribution in [1.29, 1.82) is 0 Å². The number of benzene rings is 1. The van der Waals surface area contributed by atoms with E-state index in [4.69, 9.17) is 4.74 Å². The molecule has 2 heterocycles. The molecule has 110 valence electrons. The Bertz CT molecular complexity index is 626.